The van der Waals surface area contributed by atoms with Gasteiger partial charge in [0, 0.05) is 11.6 Å². The van der Waals surface area contributed by atoms with E-state index in [1.54, 1.807) is 48.7 Å². The summed E-state index contributed by atoms with van der Waals surface area (Å²) in [6, 6.07) is 23.2. The van der Waals surface area contributed by atoms with Crippen molar-refractivity contribution in [3.05, 3.63) is 102 Å². The number of pyridine rings is 1. The highest BCUT2D eigenvalue weighted by Crippen LogP contribution is 2.34. The minimum Gasteiger partial charge on any atom is -0.755 e. The molecule has 1 aromatic heterocycles. The summed E-state index contributed by atoms with van der Waals surface area (Å²) in [5.74, 6) is -0.973. The van der Waals surface area contributed by atoms with Gasteiger partial charge in [0.25, 0.3) is 0 Å². The standard InChI is InChI=1S/C24H20N2O4S/c27-24(28)20-9-3-6-17(16-20)13-14-18-7-1-2-11-21(18)26(31(29)30)22-12-4-8-19-10-5-15-25-23(19)22/h1-12,15-16H,13-14H2,(H,27,28)(H,29,30)/p-1. The summed E-state index contributed by atoms with van der Waals surface area (Å²) in [6.07, 6.45) is 2.76. The van der Waals surface area contributed by atoms with Gasteiger partial charge >= 0.3 is 5.97 Å². The van der Waals surface area contributed by atoms with Gasteiger partial charge in [0.2, 0.25) is 0 Å². The second kappa shape index (κ2) is 9.07. The number of benzene rings is 3. The van der Waals surface area contributed by atoms with E-state index < -0.39 is 17.2 Å². The average molecular weight is 431 g/mol. The Kier molecular flexibility index (Phi) is 6.06. The molecule has 1 N–H and O–H groups in total. The van der Waals surface area contributed by atoms with E-state index in [1.807, 2.05) is 36.4 Å². The molecule has 3 aromatic carbocycles. The molecule has 0 spiro atoms. The molecule has 1 atom stereocenters. The zero-order valence-corrected chi connectivity index (χ0v) is 17.3. The van der Waals surface area contributed by atoms with Gasteiger partial charge in [-0.2, -0.15) is 0 Å². The van der Waals surface area contributed by atoms with Crippen molar-refractivity contribution in [1.82, 2.24) is 4.98 Å². The van der Waals surface area contributed by atoms with Crippen LogP contribution in [0.2, 0.25) is 0 Å². The molecule has 0 aliphatic heterocycles. The van der Waals surface area contributed by atoms with Crippen molar-refractivity contribution >= 4 is 39.5 Å². The van der Waals surface area contributed by atoms with Gasteiger partial charge in [-0.3, -0.25) is 13.5 Å². The van der Waals surface area contributed by atoms with E-state index in [0.717, 1.165) is 16.5 Å². The highest BCUT2D eigenvalue weighted by Gasteiger charge is 2.17. The molecule has 0 fully saturated rings. The van der Waals surface area contributed by atoms with Crippen LogP contribution in [-0.4, -0.2) is 24.8 Å². The number of fused-ring (bicyclic) bond motifs is 1. The SMILES string of the molecule is O=C(O)c1cccc(CCc2ccccc2N(c2cccc3cccnc23)S(=O)[O-])c1. The maximum atomic E-state index is 12.3. The van der Waals surface area contributed by atoms with E-state index in [2.05, 4.69) is 4.98 Å². The molecule has 6 nitrogen and oxygen atoms in total. The largest absolute Gasteiger partial charge is 0.755 e. The molecule has 0 amide bonds. The normalized spacial score (nSPS) is 11.9. The Morgan fingerprint density at radius 3 is 2.48 bits per heavy atom. The third-order valence-corrected chi connectivity index (χ3v) is 5.74. The third kappa shape index (κ3) is 4.47. The molecule has 1 heterocycles. The Labute approximate surface area is 182 Å². The maximum absolute atomic E-state index is 12.3. The number of aryl methyl sites for hydroxylation is 2. The molecule has 0 aliphatic rings. The van der Waals surface area contributed by atoms with Crippen molar-refractivity contribution in [3.63, 3.8) is 0 Å². The van der Waals surface area contributed by atoms with E-state index >= 15 is 0 Å². The van der Waals surface area contributed by atoms with Crippen molar-refractivity contribution in [1.29, 1.82) is 0 Å². The van der Waals surface area contributed by atoms with Gasteiger partial charge in [0.15, 0.2) is 0 Å². The molecule has 4 rings (SSSR count). The van der Waals surface area contributed by atoms with Gasteiger partial charge in [-0.1, -0.05) is 48.5 Å². The minimum absolute atomic E-state index is 0.231. The summed E-state index contributed by atoms with van der Waals surface area (Å²) < 4.78 is 25.9. The van der Waals surface area contributed by atoms with E-state index in [0.29, 0.717) is 29.7 Å². The topological polar surface area (TPSA) is 93.6 Å². The van der Waals surface area contributed by atoms with Gasteiger partial charge in [-0.05, 0) is 54.3 Å². The molecule has 0 radical (unpaired) electrons. The van der Waals surface area contributed by atoms with Crippen LogP contribution in [0.3, 0.4) is 0 Å². The first-order valence-electron chi connectivity index (χ1n) is 9.68. The third-order valence-electron chi connectivity index (χ3n) is 5.05. The summed E-state index contributed by atoms with van der Waals surface area (Å²) in [7, 11) is 0. The quantitative estimate of drug-likeness (QED) is 0.430. The lowest BCUT2D eigenvalue weighted by atomic mass is 10.0. The van der Waals surface area contributed by atoms with Crippen LogP contribution in [-0.2, 0) is 24.1 Å². The first-order chi connectivity index (χ1) is 15.0. The van der Waals surface area contributed by atoms with Gasteiger partial charge in [0.1, 0.15) is 0 Å². The Morgan fingerprint density at radius 2 is 1.68 bits per heavy atom. The van der Waals surface area contributed by atoms with Crippen LogP contribution in [0.5, 0.6) is 0 Å². The van der Waals surface area contributed by atoms with Crippen LogP contribution >= 0.6 is 0 Å². The summed E-state index contributed by atoms with van der Waals surface area (Å²) in [4.78, 5) is 15.6. The molecule has 4 aromatic rings. The second-order valence-corrected chi connectivity index (χ2v) is 7.80. The number of carboxylic acids is 1. The lowest BCUT2D eigenvalue weighted by Crippen LogP contribution is -2.21. The molecule has 0 bridgehead atoms. The Balaban J connectivity index is 1.71. The predicted octanol–water partition coefficient (Wildman–Crippen LogP) is 4.65. The molecule has 31 heavy (non-hydrogen) atoms. The highest BCUT2D eigenvalue weighted by atomic mass is 32.2. The zero-order valence-electron chi connectivity index (χ0n) is 16.5. The molecule has 7 heteroatoms. The molecular formula is C24H19N2O4S-. The number of rotatable bonds is 7. The summed E-state index contributed by atoms with van der Waals surface area (Å²) >= 11 is -2.56. The van der Waals surface area contributed by atoms with Crippen molar-refractivity contribution in [2.24, 2.45) is 0 Å². The number of anilines is 2. The Hall–Kier alpha value is -3.55. The van der Waals surface area contributed by atoms with Crippen LogP contribution in [0.4, 0.5) is 11.4 Å². The number of hydrogen-bond donors (Lipinski definition) is 1. The number of aromatic nitrogens is 1. The highest BCUT2D eigenvalue weighted by molar-refractivity contribution is 7.81. The van der Waals surface area contributed by atoms with E-state index in [-0.39, 0.29) is 5.56 Å². The van der Waals surface area contributed by atoms with Crippen molar-refractivity contribution in [3.8, 4) is 0 Å². The molecule has 156 valence electrons. The fourth-order valence-electron chi connectivity index (χ4n) is 3.60. The van der Waals surface area contributed by atoms with Gasteiger partial charge in [-0.25, -0.2) is 4.79 Å². The Bertz CT molecular complexity index is 1270. The van der Waals surface area contributed by atoms with Crippen molar-refractivity contribution < 1.29 is 18.7 Å². The average Bonchev–Trinajstić information content (AvgIpc) is 2.79. The van der Waals surface area contributed by atoms with Crippen molar-refractivity contribution in [2.75, 3.05) is 4.31 Å². The van der Waals surface area contributed by atoms with Gasteiger partial charge in [0.05, 0.1) is 33.7 Å². The second-order valence-electron chi connectivity index (χ2n) is 7.00. The molecular weight excluding hydrogens is 412 g/mol. The predicted molar refractivity (Wildman–Crippen MR) is 120 cm³/mol. The van der Waals surface area contributed by atoms with E-state index in [1.165, 1.54) is 4.31 Å². The first kappa shape index (κ1) is 20.7. The summed E-state index contributed by atoms with van der Waals surface area (Å²) in [6.45, 7) is 0. The van der Waals surface area contributed by atoms with Crippen molar-refractivity contribution in [2.45, 2.75) is 12.8 Å². The monoisotopic (exact) mass is 431 g/mol. The van der Waals surface area contributed by atoms with Crippen LogP contribution in [0.25, 0.3) is 10.9 Å². The van der Waals surface area contributed by atoms with Crippen LogP contribution in [0.15, 0.2) is 85.1 Å². The number of carboxylic acid groups (broad SMARTS) is 1. The lowest BCUT2D eigenvalue weighted by Gasteiger charge is -2.29. The van der Waals surface area contributed by atoms with Gasteiger partial charge in [-0.15, -0.1) is 0 Å². The molecule has 1 unspecified atom stereocenters. The van der Waals surface area contributed by atoms with E-state index in [9.17, 15) is 18.7 Å². The maximum Gasteiger partial charge on any atom is 0.335 e. The van der Waals surface area contributed by atoms with Gasteiger partial charge < -0.3 is 9.66 Å². The Morgan fingerprint density at radius 1 is 0.935 bits per heavy atom. The summed E-state index contributed by atoms with van der Waals surface area (Å²) in [5.41, 5.74) is 3.56. The first-order valence-corrected chi connectivity index (χ1v) is 10.7. The zero-order chi connectivity index (χ0) is 21.8. The van der Waals surface area contributed by atoms with Crippen LogP contribution < -0.4 is 4.31 Å². The molecule has 0 saturated heterocycles. The molecule has 0 aliphatic carbocycles. The fourth-order valence-corrected chi connectivity index (χ4v) is 4.25. The summed E-state index contributed by atoms with van der Waals surface area (Å²) in [5, 5.41) is 10.0. The van der Waals surface area contributed by atoms with E-state index in [4.69, 9.17) is 0 Å². The lowest BCUT2D eigenvalue weighted by molar-refractivity contribution is 0.0696. The van der Waals surface area contributed by atoms with Crippen LogP contribution in [0.1, 0.15) is 21.5 Å². The van der Waals surface area contributed by atoms with Crippen LogP contribution in [0, 0.1) is 0 Å². The minimum atomic E-state index is -2.56. The number of aromatic carboxylic acids is 1. The number of nitrogens with zero attached hydrogens (tertiary/aromatic N) is 2. The number of hydrogen-bond acceptors (Lipinski definition) is 4. The smallest absolute Gasteiger partial charge is 0.335 e. The molecule has 0 saturated carbocycles. The fraction of sp³-hybridized carbons (Fsp3) is 0.0833. The number of para-hydroxylation sites is 2. The number of carbonyl (C=O) groups is 1.